The van der Waals surface area contributed by atoms with Gasteiger partial charge in [0.2, 0.25) is 5.91 Å². The fourth-order valence-electron chi connectivity index (χ4n) is 3.92. The lowest BCUT2D eigenvalue weighted by molar-refractivity contribution is -0.117. The molecule has 1 aliphatic rings. The summed E-state index contributed by atoms with van der Waals surface area (Å²) in [5.74, 6) is -1.24. The number of aryl methyl sites for hydroxylation is 1. The molecule has 1 unspecified atom stereocenters. The van der Waals surface area contributed by atoms with Crippen molar-refractivity contribution < 1.29 is 29.3 Å². The van der Waals surface area contributed by atoms with Crippen LogP contribution in [-0.2, 0) is 11.8 Å². The Morgan fingerprint density at radius 1 is 1.14 bits per heavy atom. The zero-order valence-electron chi connectivity index (χ0n) is 22.9. The quantitative estimate of drug-likeness (QED) is 0.146. The van der Waals surface area contributed by atoms with E-state index < -0.39 is 29.8 Å². The molecule has 6 radical (unpaired) electrons. The molecule has 0 bridgehead atoms. The third-order valence-electron chi connectivity index (χ3n) is 6.12. The number of anilines is 3. The van der Waals surface area contributed by atoms with Gasteiger partial charge in [-0.05, 0) is 31.0 Å². The Bertz CT molecular complexity index is 1490. The van der Waals surface area contributed by atoms with Gasteiger partial charge in [-0.1, -0.05) is 11.3 Å². The van der Waals surface area contributed by atoms with Crippen molar-refractivity contribution in [3.8, 4) is 17.0 Å². The smallest absolute Gasteiger partial charge is 0.272 e. The molecule has 1 fully saturated rings. The summed E-state index contributed by atoms with van der Waals surface area (Å²) in [6, 6.07) is 8.03. The van der Waals surface area contributed by atoms with Gasteiger partial charge in [0, 0.05) is 31.1 Å². The normalized spacial score (nSPS) is 13.6. The van der Waals surface area contributed by atoms with Crippen molar-refractivity contribution in [1.29, 1.82) is 0 Å². The lowest BCUT2D eigenvalue weighted by atomic mass is 9.49. The fourth-order valence-corrected chi connectivity index (χ4v) is 3.92. The molecule has 0 aliphatic heterocycles. The monoisotopic (exact) mass is 568 g/mol. The van der Waals surface area contributed by atoms with Crippen LogP contribution in [0.5, 0.6) is 5.75 Å². The van der Waals surface area contributed by atoms with Crippen molar-refractivity contribution in [3.05, 3.63) is 41.7 Å². The number of ether oxygens (including phenoxy) is 1. The van der Waals surface area contributed by atoms with Crippen LogP contribution in [-0.4, -0.2) is 103 Å². The lowest BCUT2D eigenvalue weighted by Crippen LogP contribution is -2.50. The van der Waals surface area contributed by atoms with E-state index in [-0.39, 0.29) is 41.3 Å². The Morgan fingerprint density at radius 2 is 1.88 bits per heavy atom. The van der Waals surface area contributed by atoms with Gasteiger partial charge in [-0.3, -0.25) is 19.1 Å². The molecule has 0 spiro atoms. The second kappa shape index (κ2) is 12.7. The first-order valence-corrected chi connectivity index (χ1v) is 12.8. The first-order valence-electron chi connectivity index (χ1n) is 12.8. The number of nitrogens with zero attached hydrogens (tertiary/aromatic N) is 4. The number of aliphatic hydroxyl groups is 2. The summed E-state index contributed by atoms with van der Waals surface area (Å²) in [7, 11) is 19.6. The van der Waals surface area contributed by atoms with Gasteiger partial charge < -0.3 is 36.2 Å². The highest BCUT2D eigenvalue weighted by Gasteiger charge is 2.30. The molecule has 1 saturated carbocycles. The van der Waals surface area contributed by atoms with Crippen LogP contribution in [0, 0.1) is 5.92 Å². The molecule has 1 aromatic carbocycles. The average molecular weight is 568 g/mol. The number of para-hydroxylation sites is 1. The highest BCUT2D eigenvalue weighted by Crippen LogP contribution is 2.38. The first-order chi connectivity index (χ1) is 19.9. The van der Waals surface area contributed by atoms with E-state index >= 15 is 0 Å². The van der Waals surface area contributed by atoms with Gasteiger partial charge in [0.05, 0.1) is 60.4 Å². The van der Waals surface area contributed by atoms with E-state index in [1.807, 2.05) is 0 Å². The molecular formula is C25H27B3N8O6. The van der Waals surface area contributed by atoms with E-state index in [4.69, 9.17) is 33.4 Å². The summed E-state index contributed by atoms with van der Waals surface area (Å²) < 4.78 is 7.04. The van der Waals surface area contributed by atoms with Gasteiger partial charge in [0.1, 0.15) is 5.69 Å². The summed E-state index contributed by atoms with van der Waals surface area (Å²) in [6.45, 7) is -0.638. The number of carbonyl (C=O) groups excluding carboxylic acids is 3. The van der Waals surface area contributed by atoms with E-state index in [0.717, 1.165) is 12.8 Å². The first kappa shape index (κ1) is 30.6. The molecule has 6 N–H and O–H groups in total. The predicted octanol–water partition coefficient (Wildman–Crippen LogP) is -1.09. The van der Waals surface area contributed by atoms with Crippen LogP contribution in [0.3, 0.4) is 0 Å². The number of amides is 3. The zero-order valence-corrected chi connectivity index (χ0v) is 22.9. The predicted molar refractivity (Wildman–Crippen MR) is 155 cm³/mol. The molecule has 2 heterocycles. The Hall–Kier alpha value is -4.37. The second-order valence-corrected chi connectivity index (χ2v) is 9.74. The molecule has 0 saturated heterocycles. The van der Waals surface area contributed by atoms with Gasteiger partial charge in [0.15, 0.2) is 17.3 Å². The molecule has 17 heteroatoms. The number of methoxy groups -OCH3 is 1. The fraction of sp³-hybridized carbons (Fsp3) is 0.360. The van der Waals surface area contributed by atoms with Gasteiger partial charge in [-0.25, -0.2) is 0 Å². The van der Waals surface area contributed by atoms with Crippen molar-refractivity contribution in [3.63, 3.8) is 0 Å². The Balaban J connectivity index is 1.68. The maximum atomic E-state index is 12.9. The van der Waals surface area contributed by atoms with E-state index in [2.05, 4.69) is 36.6 Å². The highest BCUT2D eigenvalue weighted by molar-refractivity contribution is 6.60. The second-order valence-electron chi connectivity index (χ2n) is 9.74. The summed E-state index contributed by atoms with van der Waals surface area (Å²) in [4.78, 5) is 37.8. The molecule has 1 atom stereocenters. The number of carbonyl (C=O) groups is 3. The molecule has 1 aliphatic carbocycles. The molecular weight excluding hydrogens is 541 g/mol. The molecule has 2 aromatic heterocycles. The lowest BCUT2D eigenvalue weighted by Gasteiger charge is -2.23. The maximum absolute atomic E-state index is 12.9. The third-order valence-corrected chi connectivity index (χ3v) is 6.12. The third kappa shape index (κ3) is 7.47. The Kier molecular flexibility index (Phi) is 9.22. The molecule has 3 amide bonds. The van der Waals surface area contributed by atoms with Crippen LogP contribution in [0.4, 0.5) is 17.2 Å². The minimum Gasteiger partial charge on any atom is -0.494 e. The number of aliphatic hydroxyl groups excluding tert-OH is 2. The average Bonchev–Trinajstić information content (AvgIpc) is 3.72. The van der Waals surface area contributed by atoms with Gasteiger partial charge in [0.25, 0.3) is 11.8 Å². The minimum absolute atomic E-state index is 0.0969. The summed E-state index contributed by atoms with van der Waals surface area (Å²) in [5, 5.41) is 39.3. The van der Waals surface area contributed by atoms with Crippen LogP contribution < -0.4 is 26.0 Å². The number of nitrogens with one attached hydrogen (secondary N) is 4. The van der Waals surface area contributed by atoms with Gasteiger partial charge in [-0.2, -0.15) is 5.10 Å². The number of hydrogen-bond acceptors (Lipinski definition) is 10. The highest BCUT2D eigenvalue weighted by atomic mass is 16.5. The Morgan fingerprint density at radius 3 is 2.52 bits per heavy atom. The summed E-state index contributed by atoms with van der Waals surface area (Å²) in [6.07, 6.45) is 0.460. The Labute approximate surface area is 245 Å². The standard InChI is InChI=1S/C25H27B3N8O6/c1-36-18(23(40)29-10-13(38)11-37)8-16(35-36)14-4-3-5-15(21(14)42-2)30-17-9-19(31-22(39)12-6-7-12)33-34-20(17)24(41)32-25(26,27)28/h3-5,8-9,12-13,37-38H,6-7,10-11H2,1-2H3,(H,29,40)(H,32,41)(H2,30,31,33,39). The molecule has 4 rings (SSSR count). The zero-order chi connectivity index (χ0) is 30.6. The van der Waals surface area contributed by atoms with E-state index in [9.17, 15) is 19.5 Å². The topological polar surface area (TPSA) is 193 Å². The number of aromatic nitrogens is 4. The van der Waals surface area contributed by atoms with E-state index in [1.54, 1.807) is 25.2 Å². The van der Waals surface area contributed by atoms with Crippen LogP contribution in [0.2, 0.25) is 0 Å². The van der Waals surface area contributed by atoms with Gasteiger partial charge in [-0.15, -0.1) is 10.2 Å². The number of rotatable bonds is 12. The SMILES string of the molecule is [B]C([B])([B])NC(=O)c1nnc(NC(=O)C2CC2)cc1Nc1cccc(-c2cc(C(=O)NCC(O)CO)n(C)n2)c1OC. The van der Waals surface area contributed by atoms with Crippen LogP contribution in [0.1, 0.15) is 33.8 Å². The maximum Gasteiger partial charge on any atom is 0.272 e. The van der Waals surface area contributed by atoms with Gasteiger partial charge >= 0.3 is 0 Å². The van der Waals surface area contributed by atoms with E-state index in [1.165, 1.54) is 23.9 Å². The number of hydrogen-bond donors (Lipinski definition) is 6. The number of benzene rings is 1. The van der Waals surface area contributed by atoms with Crippen LogP contribution in [0.25, 0.3) is 11.3 Å². The largest absolute Gasteiger partial charge is 0.494 e. The molecule has 42 heavy (non-hydrogen) atoms. The summed E-state index contributed by atoms with van der Waals surface area (Å²) >= 11 is 0. The van der Waals surface area contributed by atoms with E-state index in [0.29, 0.717) is 22.7 Å². The van der Waals surface area contributed by atoms with Crippen molar-refractivity contribution in [1.82, 2.24) is 30.6 Å². The van der Waals surface area contributed by atoms with Crippen LogP contribution >= 0.6 is 0 Å². The van der Waals surface area contributed by atoms with Crippen molar-refractivity contribution in [2.75, 3.05) is 30.9 Å². The van der Waals surface area contributed by atoms with Crippen LogP contribution in [0.15, 0.2) is 30.3 Å². The molecule has 14 nitrogen and oxygen atoms in total. The van der Waals surface area contributed by atoms with Crippen molar-refractivity contribution in [2.45, 2.75) is 24.2 Å². The molecule has 212 valence electrons. The minimum atomic E-state index is -2.04. The van der Waals surface area contributed by atoms with Crippen molar-refractivity contribution in [2.24, 2.45) is 13.0 Å². The molecule has 3 aromatic rings. The van der Waals surface area contributed by atoms with Crippen molar-refractivity contribution >= 4 is 58.5 Å². The summed E-state index contributed by atoms with van der Waals surface area (Å²) in [5.41, 5.74) is 1.34.